The van der Waals surface area contributed by atoms with Gasteiger partial charge in [-0.2, -0.15) is 5.10 Å². The third-order valence-corrected chi connectivity index (χ3v) is 6.34. The largest absolute Gasteiger partial charge is 0.368 e. The molecule has 2 aromatic rings. The minimum absolute atomic E-state index is 0.445. The summed E-state index contributed by atoms with van der Waals surface area (Å²) in [5.74, 6) is 1.63. The molecular formula is C22H34N6. The molecule has 0 amide bonds. The van der Waals surface area contributed by atoms with Crippen LogP contribution in [0.5, 0.6) is 0 Å². The number of likely N-dealkylation sites (tertiary alicyclic amines) is 1. The minimum atomic E-state index is 0.445. The molecule has 6 heteroatoms. The van der Waals surface area contributed by atoms with E-state index in [0.29, 0.717) is 10.8 Å². The molecule has 0 bridgehead atoms. The van der Waals surface area contributed by atoms with Gasteiger partial charge in [-0.3, -0.25) is 4.68 Å². The quantitative estimate of drug-likeness (QED) is 0.825. The number of aromatic nitrogens is 4. The highest BCUT2D eigenvalue weighted by Crippen LogP contribution is 2.51. The van der Waals surface area contributed by atoms with Gasteiger partial charge in [0.05, 0.1) is 11.9 Å². The van der Waals surface area contributed by atoms with Crippen LogP contribution in [0.25, 0.3) is 11.4 Å². The Bertz CT molecular complexity index is 783. The first kappa shape index (κ1) is 19.4. The predicted molar refractivity (Wildman–Crippen MR) is 113 cm³/mol. The van der Waals surface area contributed by atoms with Gasteiger partial charge < -0.3 is 10.2 Å². The lowest BCUT2D eigenvalue weighted by Gasteiger charge is -2.59. The second-order valence-corrected chi connectivity index (χ2v) is 10.3. The molecule has 1 aliphatic heterocycles. The Morgan fingerprint density at radius 2 is 1.93 bits per heavy atom. The van der Waals surface area contributed by atoms with Crippen LogP contribution in [-0.4, -0.2) is 51.1 Å². The van der Waals surface area contributed by atoms with Crippen molar-refractivity contribution >= 4 is 5.82 Å². The molecule has 152 valence electrons. The first-order chi connectivity index (χ1) is 13.2. The van der Waals surface area contributed by atoms with Crippen LogP contribution in [0.1, 0.15) is 45.6 Å². The molecule has 0 aromatic carbocycles. The summed E-state index contributed by atoms with van der Waals surface area (Å²) < 4.78 is 1.85. The SMILES string of the molecule is Cc1cnn(C)c1-c1ccc(NCC2CC3(C2)CN(CCC(C)(C)C)C3)nn1. The Balaban J connectivity index is 1.20. The summed E-state index contributed by atoms with van der Waals surface area (Å²) in [5, 5.41) is 16.5. The first-order valence-electron chi connectivity index (χ1n) is 10.5. The predicted octanol–water partition coefficient (Wildman–Crippen LogP) is 3.75. The fourth-order valence-electron chi connectivity index (χ4n) is 4.84. The average molecular weight is 383 g/mol. The van der Waals surface area contributed by atoms with Crippen LogP contribution >= 0.6 is 0 Å². The van der Waals surface area contributed by atoms with E-state index < -0.39 is 0 Å². The molecule has 4 rings (SSSR count). The molecule has 2 fully saturated rings. The molecule has 1 saturated heterocycles. The van der Waals surface area contributed by atoms with E-state index in [1.54, 1.807) is 0 Å². The van der Waals surface area contributed by atoms with Crippen LogP contribution in [0, 0.1) is 23.7 Å². The average Bonchev–Trinajstić information content (AvgIpc) is 2.90. The maximum absolute atomic E-state index is 4.39. The van der Waals surface area contributed by atoms with Gasteiger partial charge in [-0.25, -0.2) is 0 Å². The highest BCUT2D eigenvalue weighted by molar-refractivity contribution is 5.59. The molecule has 28 heavy (non-hydrogen) atoms. The van der Waals surface area contributed by atoms with E-state index in [1.807, 2.05) is 37.0 Å². The zero-order valence-corrected chi connectivity index (χ0v) is 18.0. The summed E-state index contributed by atoms with van der Waals surface area (Å²) in [5.41, 5.74) is 4.09. The van der Waals surface area contributed by atoms with Crippen LogP contribution < -0.4 is 5.32 Å². The van der Waals surface area contributed by atoms with Crippen molar-refractivity contribution in [3.63, 3.8) is 0 Å². The van der Waals surface area contributed by atoms with Crippen LogP contribution in [0.3, 0.4) is 0 Å². The summed E-state index contributed by atoms with van der Waals surface area (Å²) in [6.07, 6.45) is 5.86. The lowest BCUT2D eigenvalue weighted by molar-refractivity contribution is -0.0929. The van der Waals surface area contributed by atoms with Crippen molar-refractivity contribution in [2.45, 2.75) is 47.0 Å². The van der Waals surface area contributed by atoms with Crippen molar-refractivity contribution in [1.29, 1.82) is 0 Å². The van der Waals surface area contributed by atoms with Gasteiger partial charge in [-0.15, -0.1) is 10.2 Å². The third-order valence-electron chi connectivity index (χ3n) is 6.34. The summed E-state index contributed by atoms with van der Waals surface area (Å²) >= 11 is 0. The van der Waals surface area contributed by atoms with Crippen LogP contribution in [0.2, 0.25) is 0 Å². The molecule has 0 unspecified atom stereocenters. The number of hydrogen-bond donors (Lipinski definition) is 1. The molecule has 2 aliphatic rings. The summed E-state index contributed by atoms with van der Waals surface area (Å²) in [7, 11) is 1.94. The maximum atomic E-state index is 4.39. The molecule has 1 aliphatic carbocycles. The van der Waals surface area contributed by atoms with E-state index in [9.17, 15) is 0 Å². The van der Waals surface area contributed by atoms with E-state index in [4.69, 9.17) is 0 Å². The van der Waals surface area contributed by atoms with E-state index in [-0.39, 0.29) is 0 Å². The highest BCUT2D eigenvalue weighted by Gasteiger charge is 2.51. The lowest BCUT2D eigenvalue weighted by atomic mass is 9.57. The number of nitrogens with one attached hydrogen (secondary N) is 1. The number of rotatable bonds is 6. The van der Waals surface area contributed by atoms with Crippen molar-refractivity contribution in [3.05, 3.63) is 23.9 Å². The monoisotopic (exact) mass is 382 g/mol. The number of hydrogen-bond acceptors (Lipinski definition) is 5. The van der Waals surface area contributed by atoms with Gasteiger partial charge in [-0.05, 0) is 67.2 Å². The summed E-state index contributed by atoms with van der Waals surface area (Å²) in [6.45, 7) is 13.9. The molecule has 1 N–H and O–H groups in total. The molecule has 1 spiro atoms. The van der Waals surface area contributed by atoms with E-state index in [1.165, 1.54) is 38.9 Å². The van der Waals surface area contributed by atoms with Crippen LogP contribution in [-0.2, 0) is 7.05 Å². The zero-order valence-electron chi connectivity index (χ0n) is 18.0. The molecule has 6 nitrogen and oxygen atoms in total. The van der Waals surface area contributed by atoms with Gasteiger partial charge in [0, 0.05) is 26.7 Å². The Kier molecular flexibility index (Phi) is 4.94. The van der Waals surface area contributed by atoms with Gasteiger partial charge in [0.2, 0.25) is 0 Å². The van der Waals surface area contributed by atoms with Crippen LogP contribution in [0.15, 0.2) is 18.3 Å². The molecule has 1 saturated carbocycles. The molecule has 2 aromatic heterocycles. The van der Waals surface area contributed by atoms with E-state index in [0.717, 1.165) is 35.2 Å². The molecule has 3 heterocycles. The normalized spacial score (nSPS) is 19.5. The smallest absolute Gasteiger partial charge is 0.148 e. The van der Waals surface area contributed by atoms with Crippen molar-refractivity contribution in [3.8, 4) is 11.4 Å². The summed E-state index contributed by atoms with van der Waals surface area (Å²) in [4.78, 5) is 2.64. The van der Waals surface area contributed by atoms with Gasteiger partial charge in [-0.1, -0.05) is 20.8 Å². The maximum Gasteiger partial charge on any atom is 0.148 e. The Labute approximate surface area is 168 Å². The van der Waals surface area contributed by atoms with Crippen molar-refractivity contribution in [2.75, 3.05) is 31.5 Å². The third kappa shape index (κ3) is 4.07. The Morgan fingerprint density at radius 3 is 2.50 bits per heavy atom. The zero-order chi connectivity index (χ0) is 19.9. The standard InChI is InChI=1S/C22H34N6/c1-16-12-24-27(5)20(16)18-6-7-19(26-25-18)23-13-17-10-22(11-17)14-28(15-22)9-8-21(2,3)4/h6-7,12,17H,8-11,13-15H2,1-5H3,(H,23,26). The Hall–Kier alpha value is -1.95. The van der Waals surface area contributed by atoms with Gasteiger partial charge in [0.1, 0.15) is 11.5 Å². The fourth-order valence-corrected chi connectivity index (χ4v) is 4.84. The lowest BCUT2D eigenvalue weighted by Crippen LogP contribution is -2.63. The summed E-state index contributed by atoms with van der Waals surface area (Å²) in [6, 6.07) is 4.06. The van der Waals surface area contributed by atoms with E-state index >= 15 is 0 Å². The second kappa shape index (κ2) is 7.14. The van der Waals surface area contributed by atoms with E-state index in [2.05, 4.69) is 46.3 Å². The number of anilines is 1. The first-order valence-corrected chi connectivity index (χ1v) is 10.5. The minimum Gasteiger partial charge on any atom is -0.368 e. The van der Waals surface area contributed by atoms with Crippen LogP contribution in [0.4, 0.5) is 5.82 Å². The molecular weight excluding hydrogens is 348 g/mol. The highest BCUT2D eigenvalue weighted by atomic mass is 15.3. The van der Waals surface area contributed by atoms with Gasteiger partial charge in [0.25, 0.3) is 0 Å². The van der Waals surface area contributed by atoms with Crippen molar-refractivity contribution < 1.29 is 0 Å². The second-order valence-electron chi connectivity index (χ2n) is 10.3. The fraction of sp³-hybridized carbons (Fsp3) is 0.682. The molecule has 0 atom stereocenters. The topological polar surface area (TPSA) is 58.9 Å². The molecule has 0 radical (unpaired) electrons. The van der Waals surface area contributed by atoms with Gasteiger partial charge >= 0.3 is 0 Å². The number of aryl methyl sites for hydroxylation is 2. The van der Waals surface area contributed by atoms with Gasteiger partial charge in [0.15, 0.2) is 0 Å². The van der Waals surface area contributed by atoms with Crippen molar-refractivity contribution in [2.24, 2.45) is 23.8 Å². The Morgan fingerprint density at radius 1 is 1.18 bits per heavy atom. The number of nitrogens with zero attached hydrogens (tertiary/aromatic N) is 5. The van der Waals surface area contributed by atoms with Crippen molar-refractivity contribution in [1.82, 2.24) is 24.9 Å².